The van der Waals surface area contributed by atoms with E-state index in [1.807, 2.05) is 30.3 Å². The summed E-state index contributed by atoms with van der Waals surface area (Å²) in [4.78, 5) is 0. The lowest BCUT2D eigenvalue weighted by Gasteiger charge is -2.11. The molecule has 0 aromatic heterocycles. The van der Waals surface area contributed by atoms with Gasteiger partial charge in [-0.25, -0.2) is 0 Å². The summed E-state index contributed by atoms with van der Waals surface area (Å²) in [6.45, 7) is 2.06. The van der Waals surface area contributed by atoms with Crippen molar-refractivity contribution in [3.8, 4) is 22.6 Å². The van der Waals surface area contributed by atoms with Crippen LogP contribution < -0.4 is 9.47 Å². The second kappa shape index (κ2) is 4.91. The van der Waals surface area contributed by atoms with Gasteiger partial charge >= 0.3 is 0 Å². The van der Waals surface area contributed by atoms with E-state index >= 15 is 0 Å². The minimum Gasteiger partial charge on any atom is -0.497 e. The van der Waals surface area contributed by atoms with Crippen LogP contribution in [0.4, 0.5) is 0 Å². The van der Waals surface area contributed by atoms with Crippen LogP contribution in [-0.2, 0) is 0 Å². The van der Waals surface area contributed by atoms with Crippen LogP contribution in [-0.4, -0.2) is 14.2 Å². The fraction of sp³-hybridized carbons (Fsp3) is 0.200. The topological polar surface area (TPSA) is 18.5 Å². The van der Waals surface area contributed by atoms with Gasteiger partial charge in [0.2, 0.25) is 0 Å². The molecular formula is C15H16O2. The first-order valence-electron chi connectivity index (χ1n) is 5.54. The third-order valence-electron chi connectivity index (χ3n) is 2.88. The van der Waals surface area contributed by atoms with Gasteiger partial charge in [0.25, 0.3) is 0 Å². The Kier molecular flexibility index (Phi) is 3.33. The van der Waals surface area contributed by atoms with E-state index in [1.54, 1.807) is 14.2 Å². The van der Waals surface area contributed by atoms with Crippen molar-refractivity contribution < 1.29 is 9.47 Å². The van der Waals surface area contributed by atoms with Crippen molar-refractivity contribution in [1.29, 1.82) is 0 Å². The molecule has 0 radical (unpaired) electrons. The van der Waals surface area contributed by atoms with E-state index in [4.69, 9.17) is 9.47 Å². The zero-order valence-corrected chi connectivity index (χ0v) is 10.4. The Bertz CT molecular complexity index is 518. The average Bonchev–Trinajstić information content (AvgIpc) is 2.39. The van der Waals surface area contributed by atoms with Crippen molar-refractivity contribution in [3.63, 3.8) is 0 Å². The number of methoxy groups -OCH3 is 2. The lowest BCUT2D eigenvalue weighted by Crippen LogP contribution is -1.90. The van der Waals surface area contributed by atoms with Crippen LogP contribution in [0.2, 0.25) is 0 Å². The molecule has 0 aliphatic heterocycles. The summed E-state index contributed by atoms with van der Waals surface area (Å²) in [5.41, 5.74) is 3.45. The van der Waals surface area contributed by atoms with E-state index in [0.29, 0.717) is 0 Å². The minimum absolute atomic E-state index is 0.865. The van der Waals surface area contributed by atoms with Crippen LogP contribution in [0.1, 0.15) is 5.56 Å². The van der Waals surface area contributed by atoms with Gasteiger partial charge in [0.05, 0.1) is 14.2 Å². The van der Waals surface area contributed by atoms with Crippen LogP contribution >= 0.6 is 0 Å². The SMILES string of the molecule is COc1cccc(-c2cccc(OC)c2C)c1. The summed E-state index contributed by atoms with van der Waals surface area (Å²) in [6, 6.07) is 14.1. The molecular weight excluding hydrogens is 212 g/mol. The second-order valence-electron chi connectivity index (χ2n) is 3.86. The first-order valence-corrected chi connectivity index (χ1v) is 5.54. The lowest BCUT2D eigenvalue weighted by molar-refractivity contribution is 0.411. The maximum absolute atomic E-state index is 5.33. The van der Waals surface area contributed by atoms with Crippen molar-refractivity contribution in [2.24, 2.45) is 0 Å². The Labute approximate surface area is 102 Å². The molecule has 2 aromatic carbocycles. The summed E-state index contributed by atoms with van der Waals surface area (Å²) < 4.78 is 10.6. The predicted octanol–water partition coefficient (Wildman–Crippen LogP) is 3.68. The highest BCUT2D eigenvalue weighted by atomic mass is 16.5. The van der Waals surface area contributed by atoms with Gasteiger partial charge in [0.15, 0.2) is 0 Å². The molecule has 0 saturated heterocycles. The van der Waals surface area contributed by atoms with Gasteiger partial charge in [-0.05, 0) is 41.8 Å². The van der Waals surface area contributed by atoms with Crippen LogP contribution in [0.25, 0.3) is 11.1 Å². The molecule has 0 unspecified atom stereocenters. The average molecular weight is 228 g/mol. The molecule has 2 heteroatoms. The normalized spacial score (nSPS) is 10.1. The quantitative estimate of drug-likeness (QED) is 0.797. The van der Waals surface area contributed by atoms with Crippen LogP contribution in [0.15, 0.2) is 42.5 Å². The molecule has 0 heterocycles. The fourth-order valence-corrected chi connectivity index (χ4v) is 1.94. The summed E-state index contributed by atoms with van der Waals surface area (Å²) in [5, 5.41) is 0. The van der Waals surface area contributed by atoms with E-state index in [2.05, 4.69) is 19.1 Å². The van der Waals surface area contributed by atoms with Crippen LogP contribution in [0, 0.1) is 6.92 Å². The number of ether oxygens (including phenoxy) is 2. The van der Waals surface area contributed by atoms with Gasteiger partial charge in [-0.3, -0.25) is 0 Å². The molecule has 88 valence electrons. The van der Waals surface area contributed by atoms with Gasteiger partial charge in [-0.2, -0.15) is 0 Å². The minimum atomic E-state index is 0.865. The highest BCUT2D eigenvalue weighted by Crippen LogP contribution is 2.31. The number of rotatable bonds is 3. The van der Waals surface area contributed by atoms with E-state index in [-0.39, 0.29) is 0 Å². The van der Waals surface area contributed by atoms with Crippen LogP contribution in [0.3, 0.4) is 0 Å². The predicted molar refractivity (Wildman–Crippen MR) is 69.7 cm³/mol. The fourth-order valence-electron chi connectivity index (χ4n) is 1.94. The molecule has 17 heavy (non-hydrogen) atoms. The summed E-state index contributed by atoms with van der Waals surface area (Å²) in [5.74, 6) is 1.77. The molecule has 0 atom stereocenters. The number of benzene rings is 2. The lowest BCUT2D eigenvalue weighted by atomic mass is 10.00. The van der Waals surface area contributed by atoms with Crippen molar-refractivity contribution >= 4 is 0 Å². The smallest absolute Gasteiger partial charge is 0.122 e. The first kappa shape index (κ1) is 11.5. The molecule has 0 aliphatic carbocycles. The Balaban J connectivity index is 2.52. The van der Waals surface area contributed by atoms with E-state index < -0.39 is 0 Å². The summed E-state index contributed by atoms with van der Waals surface area (Å²) >= 11 is 0. The molecule has 0 bridgehead atoms. The van der Waals surface area contributed by atoms with Gasteiger partial charge in [0.1, 0.15) is 11.5 Å². The van der Waals surface area contributed by atoms with Gasteiger partial charge in [0, 0.05) is 0 Å². The van der Waals surface area contributed by atoms with Gasteiger partial charge < -0.3 is 9.47 Å². The van der Waals surface area contributed by atoms with E-state index in [9.17, 15) is 0 Å². The van der Waals surface area contributed by atoms with Gasteiger partial charge in [-0.15, -0.1) is 0 Å². The third kappa shape index (κ3) is 2.26. The van der Waals surface area contributed by atoms with E-state index in [0.717, 1.165) is 22.6 Å². The molecule has 0 spiro atoms. The summed E-state index contributed by atoms with van der Waals surface area (Å²) in [6.07, 6.45) is 0. The molecule has 2 rings (SSSR count). The van der Waals surface area contributed by atoms with Crippen molar-refractivity contribution in [1.82, 2.24) is 0 Å². The molecule has 2 nitrogen and oxygen atoms in total. The van der Waals surface area contributed by atoms with Crippen molar-refractivity contribution in [2.45, 2.75) is 6.92 Å². The largest absolute Gasteiger partial charge is 0.497 e. The number of hydrogen-bond acceptors (Lipinski definition) is 2. The van der Waals surface area contributed by atoms with Crippen molar-refractivity contribution in [2.75, 3.05) is 14.2 Å². The zero-order chi connectivity index (χ0) is 12.3. The Morgan fingerprint density at radius 2 is 1.65 bits per heavy atom. The van der Waals surface area contributed by atoms with Crippen LogP contribution in [0.5, 0.6) is 11.5 Å². The molecule has 0 N–H and O–H groups in total. The highest BCUT2D eigenvalue weighted by molar-refractivity contribution is 5.70. The summed E-state index contributed by atoms with van der Waals surface area (Å²) in [7, 11) is 3.37. The highest BCUT2D eigenvalue weighted by Gasteiger charge is 2.06. The first-order chi connectivity index (χ1) is 8.26. The third-order valence-corrected chi connectivity index (χ3v) is 2.88. The number of hydrogen-bond donors (Lipinski definition) is 0. The Hall–Kier alpha value is -1.96. The standard InChI is InChI=1S/C15H16O2/c1-11-14(8-5-9-15(11)17-3)12-6-4-7-13(10-12)16-2/h4-10H,1-3H3. The maximum Gasteiger partial charge on any atom is 0.122 e. The maximum atomic E-state index is 5.33. The Morgan fingerprint density at radius 3 is 2.35 bits per heavy atom. The van der Waals surface area contributed by atoms with Crippen molar-refractivity contribution in [3.05, 3.63) is 48.0 Å². The monoisotopic (exact) mass is 228 g/mol. The molecule has 0 amide bonds. The molecule has 0 aliphatic rings. The zero-order valence-electron chi connectivity index (χ0n) is 10.4. The molecule has 2 aromatic rings. The Morgan fingerprint density at radius 1 is 0.882 bits per heavy atom. The van der Waals surface area contributed by atoms with E-state index in [1.165, 1.54) is 5.56 Å². The molecule has 0 saturated carbocycles. The molecule has 0 fully saturated rings. The second-order valence-corrected chi connectivity index (χ2v) is 3.86. The van der Waals surface area contributed by atoms with Gasteiger partial charge in [-0.1, -0.05) is 24.3 Å².